The van der Waals surface area contributed by atoms with Gasteiger partial charge >= 0.3 is 6.09 Å². The van der Waals surface area contributed by atoms with Crippen molar-refractivity contribution in [3.05, 3.63) is 35.4 Å². The molecule has 7 nitrogen and oxygen atoms in total. The van der Waals surface area contributed by atoms with Gasteiger partial charge in [0.1, 0.15) is 5.60 Å². The summed E-state index contributed by atoms with van der Waals surface area (Å²) in [6.07, 6.45) is 2.62. The minimum absolute atomic E-state index is 0. The summed E-state index contributed by atoms with van der Waals surface area (Å²) in [7, 11) is 1.85. The lowest BCUT2D eigenvalue weighted by molar-refractivity contribution is 0.0170. The first kappa shape index (κ1) is 29.5. The van der Waals surface area contributed by atoms with Crippen molar-refractivity contribution >= 4 is 36.0 Å². The summed E-state index contributed by atoms with van der Waals surface area (Å²) in [5, 5.41) is 6.31. The molecule has 0 radical (unpaired) electrons. The zero-order chi connectivity index (χ0) is 23.6. The maximum absolute atomic E-state index is 11.6. The number of likely N-dealkylation sites (tertiary alicyclic amines) is 1. The van der Waals surface area contributed by atoms with E-state index in [1.165, 1.54) is 11.1 Å². The number of ether oxygens (including phenoxy) is 2. The van der Waals surface area contributed by atoms with Crippen molar-refractivity contribution in [1.82, 2.24) is 15.5 Å². The molecule has 1 fully saturated rings. The predicted octanol–water partition coefficient (Wildman–Crippen LogP) is 4.69. The van der Waals surface area contributed by atoms with Gasteiger partial charge in [0.25, 0.3) is 0 Å². The maximum Gasteiger partial charge on any atom is 0.407 e. The molecule has 1 heterocycles. The molecule has 1 amide bonds. The normalized spacial score (nSPS) is 16.1. The van der Waals surface area contributed by atoms with Gasteiger partial charge in [0.2, 0.25) is 0 Å². The van der Waals surface area contributed by atoms with Crippen molar-refractivity contribution in [1.29, 1.82) is 0 Å². The van der Waals surface area contributed by atoms with Crippen molar-refractivity contribution in [2.45, 2.75) is 71.5 Å². The maximum atomic E-state index is 11.6. The Hall–Kier alpha value is -1.55. The summed E-state index contributed by atoms with van der Waals surface area (Å²) in [6, 6.07) is 8.74. The number of halogens is 1. The summed E-state index contributed by atoms with van der Waals surface area (Å²) in [5.74, 6) is 1.38. The van der Waals surface area contributed by atoms with Crippen LogP contribution in [0.3, 0.4) is 0 Å². The van der Waals surface area contributed by atoms with Crippen LogP contribution in [0.25, 0.3) is 0 Å². The summed E-state index contributed by atoms with van der Waals surface area (Å²) in [4.78, 5) is 18.4. The van der Waals surface area contributed by atoms with Crippen molar-refractivity contribution in [2.24, 2.45) is 4.99 Å². The number of nitrogens with one attached hydrogen (secondary N) is 2. The largest absolute Gasteiger partial charge is 0.444 e. The van der Waals surface area contributed by atoms with Crippen molar-refractivity contribution in [2.75, 3.05) is 39.8 Å². The highest BCUT2D eigenvalue weighted by molar-refractivity contribution is 14.0. The standard InChI is InChI=1S/C25H42N4O3.HI/c1-19-8-10-21(11-9-19)20(2)18-28-23(26-6)29-15-12-22(13-16-29)31-17-7-14-27-24(30)32-25(3,4)5;/h8-11,20,22H,7,12-18H2,1-6H3,(H,26,28)(H,27,30);1H. The Morgan fingerprint density at radius 1 is 1.18 bits per heavy atom. The topological polar surface area (TPSA) is 75.2 Å². The van der Waals surface area contributed by atoms with E-state index in [0.29, 0.717) is 19.1 Å². The zero-order valence-electron chi connectivity index (χ0n) is 21.1. The first-order chi connectivity index (χ1) is 15.2. The van der Waals surface area contributed by atoms with Crippen LogP contribution < -0.4 is 10.6 Å². The van der Waals surface area contributed by atoms with E-state index in [2.05, 4.69) is 58.6 Å². The van der Waals surface area contributed by atoms with Crippen molar-refractivity contribution < 1.29 is 14.3 Å². The molecule has 1 aliphatic heterocycles. The van der Waals surface area contributed by atoms with E-state index in [1.807, 2.05) is 27.8 Å². The first-order valence-corrected chi connectivity index (χ1v) is 11.8. The van der Waals surface area contributed by atoms with Gasteiger partial charge in [-0.3, -0.25) is 4.99 Å². The molecule has 0 aliphatic carbocycles. The Labute approximate surface area is 217 Å². The summed E-state index contributed by atoms with van der Waals surface area (Å²) < 4.78 is 11.2. The fourth-order valence-corrected chi connectivity index (χ4v) is 3.65. The minimum Gasteiger partial charge on any atom is -0.444 e. The highest BCUT2D eigenvalue weighted by atomic mass is 127. The molecule has 1 aliphatic rings. The molecule has 2 rings (SSSR count). The smallest absolute Gasteiger partial charge is 0.407 e. The number of nitrogens with zero attached hydrogens (tertiary/aromatic N) is 2. The van der Waals surface area contributed by atoms with Gasteiger partial charge in [-0.05, 0) is 58.4 Å². The Bertz CT molecular complexity index is 726. The average Bonchev–Trinajstić information content (AvgIpc) is 2.74. The Kier molecular flexibility index (Phi) is 13.1. The van der Waals surface area contributed by atoms with E-state index >= 15 is 0 Å². The molecular formula is C25H43IN4O3. The predicted molar refractivity (Wildman–Crippen MR) is 146 cm³/mol. The monoisotopic (exact) mass is 574 g/mol. The molecule has 188 valence electrons. The summed E-state index contributed by atoms with van der Waals surface area (Å²) >= 11 is 0. The van der Waals surface area contributed by atoms with Gasteiger partial charge in [0.15, 0.2) is 5.96 Å². The van der Waals surface area contributed by atoms with Crippen LogP contribution in [-0.4, -0.2) is 68.5 Å². The third kappa shape index (κ3) is 11.4. The quantitative estimate of drug-likeness (QED) is 0.204. The van der Waals surface area contributed by atoms with Crippen molar-refractivity contribution in [3.63, 3.8) is 0 Å². The summed E-state index contributed by atoms with van der Waals surface area (Å²) in [5.41, 5.74) is 2.16. The third-order valence-corrected chi connectivity index (χ3v) is 5.51. The Morgan fingerprint density at radius 3 is 2.39 bits per heavy atom. The van der Waals surface area contributed by atoms with Crippen LogP contribution in [0.1, 0.15) is 64.0 Å². The fraction of sp³-hybridized carbons (Fsp3) is 0.680. The molecule has 0 bridgehead atoms. The van der Waals surface area contributed by atoms with Crippen molar-refractivity contribution in [3.8, 4) is 0 Å². The second-order valence-corrected chi connectivity index (χ2v) is 9.58. The lowest BCUT2D eigenvalue weighted by Crippen LogP contribution is -2.47. The van der Waals surface area contributed by atoms with Crippen LogP contribution in [-0.2, 0) is 9.47 Å². The third-order valence-electron chi connectivity index (χ3n) is 5.51. The second kappa shape index (κ2) is 14.7. The molecule has 1 atom stereocenters. The molecule has 0 aromatic heterocycles. The van der Waals surface area contributed by atoms with Gasteiger partial charge in [-0.1, -0.05) is 36.8 Å². The SMILES string of the molecule is CN=C(NCC(C)c1ccc(C)cc1)N1CCC(OCCCNC(=O)OC(C)(C)C)CC1.I. The van der Waals surface area contributed by atoms with E-state index in [0.717, 1.165) is 44.9 Å². The number of aliphatic imine (C=N–C) groups is 1. The van der Waals surface area contributed by atoms with Gasteiger partial charge in [-0.25, -0.2) is 4.79 Å². The molecule has 1 saturated heterocycles. The van der Waals surface area contributed by atoms with Crippen LogP contribution in [0.4, 0.5) is 4.79 Å². The average molecular weight is 575 g/mol. The number of hydrogen-bond donors (Lipinski definition) is 2. The number of guanidine groups is 1. The van der Waals surface area contributed by atoms with E-state index in [1.54, 1.807) is 0 Å². The number of carbonyl (C=O) groups is 1. The molecule has 0 saturated carbocycles. The van der Waals surface area contributed by atoms with Gasteiger partial charge in [0.05, 0.1) is 6.10 Å². The van der Waals surface area contributed by atoms with Crippen LogP contribution in [0, 0.1) is 6.92 Å². The second-order valence-electron chi connectivity index (χ2n) is 9.58. The zero-order valence-corrected chi connectivity index (χ0v) is 23.5. The molecule has 0 spiro atoms. The Morgan fingerprint density at radius 2 is 1.82 bits per heavy atom. The lowest BCUT2D eigenvalue weighted by Gasteiger charge is -2.34. The van der Waals surface area contributed by atoms with Gasteiger partial charge < -0.3 is 25.0 Å². The van der Waals surface area contributed by atoms with E-state index < -0.39 is 5.60 Å². The van der Waals surface area contributed by atoms with Gasteiger partial charge in [0, 0.05) is 39.8 Å². The number of aryl methyl sites for hydroxylation is 1. The molecular weight excluding hydrogens is 531 g/mol. The molecule has 1 aromatic rings. The van der Waals surface area contributed by atoms with Crippen LogP contribution >= 0.6 is 24.0 Å². The Balaban J connectivity index is 0.00000544. The fourth-order valence-electron chi connectivity index (χ4n) is 3.65. The molecule has 2 N–H and O–H groups in total. The van der Waals surface area contributed by atoms with Crippen LogP contribution in [0.15, 0.2) is 29.3 Å². The summed E-state index contributed by atoms with van der Waals surface area (Å²) in [6.45, 7) is 13.8. The minimum atomic E-state index is -0.469. The van der Waals surface area contributed by atoms with E-state index in [-0.39, 0.29) is 36.2 Å². The number of benzene rings is 1. The van der Waals surface area contributed by atoms with E-state index in [9.17, 15) is 4.79 Å². The number of amides is 1. The molecule has 8 heteroatoms. The number of rotatable bonds is 8. The van der Waals surface area contributed by atoms with Crippen LogP contribution in [0.2, 0.25) is 0 Å². The number of hydrogen-bond acceptors (Lipinski definition) is 4. The number of piperidine rings is 1. The van der Waals surface area contributed by atoms with Gasteiger partial charge in [-0.2, -0.15) is 0 Å². The first-order valence-electron chi connectivity index (χ1n) is 11.8. The van der Waals surface area contributed by atoms with Crippen LogP contribution in [0.5, 0.6) is 0 Å². The highest BCUT2D eigenvalue weighted by Crippen LogP contribution is 2.17. The highest BCUT2D eigenvalue weighted by Gasteiger charge is 2.22. The molecule has 1 unspecified atom stereocenters. The van der Waals surface area contributed by atoms with Gasteiger partial charge in [-0.15, -0.1) is 24.0 Å². The molecule has 33 heavy (non-hydrogen) atoms. The molecule has 1 aromatic carbocycles. The number of alkyl carbamates (subject to hydrolysis) is 1. The van der Waals surface area contributed by atoms with E-state index in [4.69, 9.17) is 9.47 Å². The number of carbonyl (C=O) groups excluding carboxylic acids is 1. The lowest BCUT2D eigenvalue weighted by atomic mass is 10.00.